The molecular formula is C10H8FNO3S. The minimum atomic E-state index is -4.83. The summed E-state index contributed by atoms with van der Waals surface area (Å²) in [6.07, 6.45) is 0. The van der Waals surface area contributed by atoms with Crippen molar-refractivity contribution in [1.82, 2.24) is 5.16 Å². The summed E-state index contributed by atoms with van der Waals surface area (Å²) in [5, 5.41) is 2.73. The number of aryl methyl sites for hydroxylation is 1. The van der Waals surface area contributed by atoms with Gasteiger partial charge in [0.1, 0.15) is 5.69 Å². The predicted octanol–water partition coefficient (Wildman–Crippen LogP) is 2.31. The van der Waals surface area contributed by atoms with Crippen LogP contribution in [0.3, 0.4) is 0 Å². The Morgan fingerprint density at radius 2 is 2.06 bits per heavy atom. The van der Waals surface area contributed by atoms with E-state index in [0.29, 0.717) is 11.3 Å². The molecule has 0 aliphatic rings. The van der Waals surface area contributed by atoms with Crippen molar-refractivity contribution in [3.63, 3.8) is 0 Å². The van der Waals surface area contributed by atoms with E-state index in [4.69, 9.17) is 0 Å². The summed E-state index contributed by atoms with van der Waals surface area (Å²) < 4.78 is 38.1. The second kappa shape index (κ2) is 3.71. The molecule has 16 heavy (non-hydrogen) atoms. The third-order valence-electron chi connectivity index (χ3n) is 2.04. The molecule has 0 bridgehead atoms. The van der Waals surface area contributed by atoms with Crippen LogP contribution in [0.4, 0.5) is 3.89 Å². The van der Waals surface area contributed by atoms with Crippen LogP contribution in [0.15, 0.2) is 39.9 Å². The van der Waals surface area contributed by atoms with Crippen molar-refractivity contribution in [2.45, 2.75) is 12.0 Å². The normalized spacial score (nSPS) is 11.6. The molecule has 6 heteroatoms. The Kier molecular flexibility index (Phi) is 2.51. The third kappa shape index (κ3) is 2.11. The maximum Gasteiger partial charge on any atom is 0.368 e. The van der Waals surface area contributed by atoms with Gasteiger partial charge in [-0.3, -0.25) is 0 Å². The van der Waals surface area contributed by atoms with E-state index in [2.05, 4.69) is 9.68 Å². The maximum atomic E-state index is 12.6. The van der Waals surface area contributed by atoms with Crippen LogP contribution in [0.2, 0.25) is 0 Å². The molecule has 0 aliphatic carbocycles. The van der Waals surface area contributed by atoms with Crippen LogP contribution in [0.1, 0.15) is 5.56 Å². The molecule has 0 saturated carbocycles. The van der Waals surface area contributed by atoms with Gasteiger partial charge in [0.05, 0.1) is 0 Å². The lowest BCUT2D eigenvalue weighted by Crippen LogP contribution is -1.87. The summed E-state index contributed by atoms with van der Waals surface area (Å²) >= 11 is 0. The van der Waals surface area contributed by atoms with Gasteiger partial charge in [0.2, 0.25) is 0 Å². The summed E-state index contributed by atoms with van der Waals surface area (Å²) in [6, 6.07) is 8.27. The lowest BCUT2D eigenvalue weighted by atomic mass is 10.1. The lowest BCUT2D eigenvalue weighted by molar-refractivity contribution is 0.334. The zero-order valence-electron chi connectivity index (χ0n) is 8.34. The SMILES string of the molecule is Cc1cccc(-c2cc(S(=O)(=O)F)on2)c1. The van der Waals surface area contributed by atoms with E-state index < -0.39 is 15.3 Å². The fraction of sp³-hybridized carbons (Fsp3) is 0.100. The Hall–Kier alpha value is -1.69. The highest BCUT2D eigenvalue weighted by Gasteiger charge is 2.19. The lowest BCUT2D eigenvalue weighted by Gasteiger charge is -1.95. The molecule has 0 amide bonds. The van der Waals surface area contributed by atoms with Crippen LogP contribution >= 0.6 is 0 Å². The average Bonchev–Trinajstić information content (AvgIpc) is 2.65. The number of hydrogen-bond donors (Lipinski definition) is 0. The maximum absolute atomic E-state index is 12.6. The van der Waals surface area contributed by atoms with Gasteiger partial charge >= 0.3 is 10.2 Å². The summed E-state index contributed by atoms with van der Waals surface area (Å²) in [5.74, 6) is 0. The second-order valence-electron chi connectivity index (χ2n) is 3.34. The largest absolute Gasteiger partial charge is 0.368 e. The first-order valence-corrected chi connectivity index (χ1v) is 5.83. The molecule has 1 aromatic heterocycles. The fourth-order valence-electron chi connectivity index (χ4n) is 1.31. The van der Waals surface area contributed by atoms with E-state index in [-0.39, 0.29) is 0 Å². The number of rotatable bonds is 2. The first kappa shape index (κ1) is 10.8. The Balaban J connectivity index is 2.47. The molecule has 0 unspecified atom stereocenters. The first-order chi connectivity index (χ1) is 7.47. The molecule has 1 aromatic carbocycles. The van der Waals surface area contributed by atoms with Crippen molar-refractivity contribution >= 4 is 10.2 Å². The zero-order chi connectivity index (χ0) is 11.8. The van der Waals surface area contributed by atoms with Gasteiger partial charge in [-0.05, 0) is 13.0 Å². The molecule has 0 atom stereocenters. The smallest absolute Gasteiger partial charge is 0.341 e. The number of aromatic nitrogens is 1. The quantitative estimate of drug-likeness (QED) is 0.757. The van der Waals surface area contributed by atoms with Crippen molar-refractivity contribution in [1.29, 1.82) is 0 Å². The van der Waals surface area contributed by atoms with Crippen molar-refractivity contribution in [2.24, 2.45) is 0 Å². The van der Waals surface area contributed by atoms with Gasteiger partial charge in [0.25, 0.3) is 5.09 Å². The second-order valence-corrected chi connectivity index (χ2v) is 4.62. The summed E-state index contributed by atoms with van der Waals surface area (Å²) in [4.78, 5) is 0. The molecule has 0 saturated heterocycles. The Morgan fingerprint density at radius 1 is 1.31 bits per heavy atom. The average molecular weight is 241 g/mol. The highest BCUT2D eigenvalue weighted by molar-refractivity contribution is 7.86. The van der Waals surface area contributed by atoms with Gasteiger partial charge in [0.15, 0.2) is 0 Å². The minimum Gasteiger partial charge on any atom is -0.341 e. The van der Waals surface area contributed by atoms with Crippen molar-refractivity contribution in [3.8, 4) is 11.3 Å². The van der Waals surface area contributed by atoms with Crippen LogP contribution in [0.5, 0.6) is 0 Å². The van der Waals surface area contributed by atoms with Crippen LogP contribution in [0.25, 0.3) is 11.3 Å². The molecule has 0 spiro atoms. The Morgan fingerprint density at radius 3 is 2.62 bits per heavy atom. The summed E-state index contributed by atoms with van der Waals surface area (Å²) in [7, 11) is -4.83. The molecular weight excluding hydrogens is 233 g/mol. The topological polar surface area (TPSA) is 60.2 Å². The van der Waals surface area contributed by atoms with E-state index in [1.807, 2.05) is 13.0 Å². The number of nitrogens with zero attached hydrogens (tertiary/aromatic N) is 1. The van der Waals surface area contributed by atoms with E-state index in [1.165, 1.54) is 0 Å². The predicted molar refractivity (Wildman–Crippen MR) is 55.0 cm³/mol. The minimum absolute atomic E-state index is 0.292. The van der Waals surface area contributed by atoms with Gasteiger partial charge in [-0.1, -0.05) is 32.8 Å². The number of hydrogen-bond acceptors (Lipinski definition) is 4. The fourth-order valence-corrected chi connectivity index (χ4v) is 1.69. The molecule has 84 valence electrons. The van der Waals surface area contributed by atoms with Gasteiger partial charge in [-0.2, -0.15) is 8.42 Å². The molecule has 0 N–H and O–H groups in total. The summed E-state index contributed by atoms with van der Waals surface area (Å²) in [5.41, 5.74) is 1.96. The van der Waals surface area contributed by atoms with Gasteiger partial charge in [-0.25, -0.2) is 0 Å². The summed E-state index contributed by atoms with van der Waals surface area (Å²) in [6.45, 7) is 1.89. The van der Waals surface area contributed by atoms with Gasteiger partial charge < -0.3 is 4.52 Å². The molecule has 0 fully saturated rings. The van der Waals surface area contributed by atoms with Crippen molar-refractivity contribution in [2.75, 3.05) is 0 Å². The third-order valence-corrected chi connectivity index (χ3v) is 2.72. The zero-order valence-corrected chi connectivity index (χ0v) is 9.16. The van der Waals surface area contributed by atoms with E-state index in [9.17, 15) is 12.3 Å². The van der Waals surface area contributed by atoms with Crippen molar-refractivity contribution in [3.05, 3.63) is 35.9 Å². The highest BCUT2D eigenvalue weighted by atomic mass is 32.3. The van der Waals surface area contributed by atoms with Crippen LogP contribution in [0, 0.1) is 6.92 Å². The van der Waals surface area contributed by atoms with Gasteiger partial charge in [0, 0.05) is 11.6 Å². The first-order valence-electron chi connectivity index (χ1n) is 4.45. The van der Waals surface area contributed by atoms with Gasteiger partial charge in [-0.15, -0.1) is 0 Å². The standard InChI is InChI=1S/C10H8FNO3S/c1-7-3-2-4-8(5-7)9-6-10(15-12-9)16(11,13)14/h2-6H,1H3. The Bertz CT molecular complexity index is 618. The highest BCUT2D eigenvalue weighted by Crippen LogP contribution is 2.23. The molecule has 2 aromatic rings. The van der Waals surface area contributed by atoms with Crippen molar-refractivity contribution < 1.29 is 16.8 Å². The number of halogens is 1. The van der Waals surface area contributed by atoms with Crippen LogP contribution in [-0.2, 0) is 10.2 Å². The Labute approximate surface area is 91.9 Å². The molecule has 0 aliphatic heterocycles. The molecule has 1 heterocycles. The van der Waals surface area contributed by atoms with E-state index in [1.54, 1.807) is 18.2 Å². The van der Waals surface area contributed by atoms with Crippen LogP contribution in [-0.4, -0.2) is 13.6 Å². The number of benzene rings is 1. The molecule has 4 nitrogen and oxygen atoms in total. The van der Waals surface area contributed by atoms with E-state index >= 15 is 0 Å². The molecule has 2 rings (SSSR count). The van der Waals surface area contributed by atoms with E-state index in [0.717, 1.165) is 11.6 Å². The monoisotopic (exact) mass is 241 g/mol. The van der Waals surface area contributed by atoms with Crippen LogP contribution < -0.4 is 0 Å². The molecule has 0 radical (unpaired) electrons.